The normalized spacial score (nSPS) is 10.1. The molecule has 0 radical (unpaired) electrons. The van der Waals surface area contributed by atoms with Crippen molar-refractivity contribution >= 4 is 5.91 Å². The lowest BCUT2D eigenvalue weighted by atomic mass is 10.2. The van der Waals surface area contributed by atoms with Gasteiger partial charge in [-0.15, -0.1) is 0 Å². The molecule has 1 amide bonds. The second-order valence-corrected chi connectivity index (χ2v) is 3.86. The molecule has 0 spiro atoms. The van der Waals surface area contributed by atoms with Gasteiger partial charge in [0.05, 0.1) is 13.7 Å². The third kappa shape index (κ3) is 4.44. The fraction of sp³-hybridized carbons (Fsp3) is 0.462. The first-order valence-corrected chi connectivity index (χ1v) is 5.75. The Morgan fingerprint density at radius 2 is 2.24 bits per heavy atom. The number of nitrogens with one attached hydrogen (secondary N) is 1. The molecule has 0 fully saturated rings. The summed E-state index contributed by atoms with van der Waals surface area (Å²) in [6, 6.07) is 7.81. The van der Waals surface area contributed by atoms with E-state index in [0.717, 1.165) is 17.9 Å². The Balaban J connectivity index is 2.37. The Morgan fingerprint density at radius 1 is 1.47 bits per heavy atom. The number of rotatable bonds is 6. The van der Waals surface area contributed by atoms with Gasteiger partial charge in [0.2, 0.25) is 5.91 Å². The molecule has 0 aliphatic carbocycles. The number of benzene rings is 1. The molecule has 0 bridgehead atoms. The minimum absolute atomic E-state index is 0.107. The zero-order valence-electron chi connectivity index (χ0n) is 10.7. The van der Waals surface area contributed by atoms with Crippen LogP contribution in [0.3, 0.4) is 0 Å². The first kappa shape index (κ1) is 13.5. The Labute approximate surface area is 103 Å². The van der Waals surface area contributed by atoms with Crippen LogP contribution in [0, 0.1) is 0 Å². The number of hydrogen-bond acceptors (Lipinski definition) is 3. The van der Waals surface area contributed by atoms with E-state index in [1.165, 1.54) is 0 Å². The highest BCUT2D eigenvalue weighted by Crippen LogP contribution is 2.11. The summed E-state index contributed by atoms with van der Waals surface area (Å²) in [6.07, 6.45) is 0. The maximum atomic E-state index is 11.5. The average Bonchev–Trinajstić information content (AvgIpc) is 2.37. The highest BCUT2D eigenvalue weighted by Gasteiger charge is 2.05. The van der Waals surface area contributed by atoms with Gasteiger partial charge in [0, 0.05) is 20.1 Å². The third-order valence-corrected chi connectivity index (χ3v) is 2.64. The van der Waals surface area contributed by atoms with E-state index in [1.54, 1.807) is 19.1 Å². The summed E-state index contributed by atoms with van der Waals surface area (Å²) in [6.45, 7) is 3.72. The summed E-state index contributed by atoms with van der Waals surface area (Å²) in [5.74, 6) is 0.941. The van der Waals surface area contributed by atoms with Crippen LogP contribution in [0.25, 0.3) is 0 Å². The maximum absolute atomic E-state index is 11.5. The molecular formula is C13H20N2O2. The Bertz CT molecular complexity index is 366. The number of likely N-dealkylation sites (N-methyl/N-ethyl adjacent to an activating group) is 1. The van der Waals surface area contributed by atoms with Gasteiger partial charge in [-0.1, -0.05) is 12.1 Å². The molecule has 17 heavy (non-hydrogen) atoms. The average molecular weight is 236 g/mol. The fourth-order valence-electron chi connectivity index (χ4n) is 1.41. The summed E-state index contributed by atoms with van der Waals surface area (Å²) in [5.41, 5.74) is 1.11. The van der Waals surface area contributed by atoms with Crippen LogP contribution in [-0.4, -0.2) is 38.1 Å². The molecule has 1 aromatic carbocycles. The monoisotopic (exact) mass is 236 g/mol. The van der Waals surface area contributed by atoms with E-state index in [-0.39, 0.29) is 5.91 Å². The lowest BCUT2D eigenvalue weighted by Gasteiger charge is -2.14. The number of amides is 1. The van der Waals surface area contributed by atoms with E-state index in [9.17, 15) is 4.79 Å². The van der Waals surface area contributed by atoms with Crippen molar-refractivity contribution in [3.63, 3.8) is 0 Å². The lowest BCUT2D eigenvalue weighted by molar-refractivity contribution is -0.128. The van der Waals surface area contributed by atoms with Gasteiger partial charge in [0.15, 0.2) is 0 Å². The van der Waals surface area contributed by atoms with E-state index in [2.05, 4.69) is 5.32 Å². The topological polar surface area (TPSA) is 41.6 Å². The predicted octanol–water partition coefficient (Wildman–Crippen LogP) is 1.26. The molecule has 0 unspecified atom stereocenters. The minimum Gasteiger partial charge on any atom is -0.497 e. The van der Waals surface area contributed by atoms with Gasteiger partial charge in [-0.05, 0) is 24.6 Å². The molecule has 1 aromatic rings. The Morgan fingerprint density at radius 3 is 2.88 bits per heavy atom. The van der Waals surface area contributed by atoms with Gasteiger partial charge in [-0.3, -0.25) is 4.79 Å². The van der Waals surface area contributed by atoms with E-state index in [4.69, 9.17) is 4.74 Å². The smallest absolute Gasteiger partial charge is 0.236 e. The number of carbonyl (C=O) groups is 1. The van der Waals surface area contributed by atoms with Crippen molar-refractivity contribution in [2.75, 3.05) is 27.2 Å². The first-order chi connectivity index (χ1) is 8.17. The van der Waals surface area contributed by atoms with Gasteiger partial charge in [-0.2, -0.15) is 0 Å². The van der Waals surface area contributed by atoms with Gasteiger partial charge >= 0.3 is 0 Å². The molecule has 0 saturated heterocycles. The highest BCUT2D eigenvalue weighted by molar-refractivity contribution is 5.77. The van der Waals surface area contributed by atoms with Crippen molar-refractivity contribution < 1.29 is 9.53 Å². The molecule has 4 heteroatoms. The van der Waals surface area contributed by atoms with Gasteiger partial charge in [0.1, 0.15) is 5.75 Å². The van der Waals surface area contributed by atoms with Crippen molar-refractivity contribution in [2.45, 2.75) is 13.5 Å². The van der Waals surface area contributed by atoms with Gasteiger partial charge < -0.3 is 15.0 Å². The SMILES string of the molecule is CCN(C)C(=O)CNCc1cccc(OC)c1. The number of nitrogens with zero attached hydrogens (tertiary/aromatic N) is 1. The summed E-state index contributed by atoms with van der Waals surface area (Å²) < 4.78 is 5.13. The zero-order chi connectivity index (χ0) is 12.7. The number of carbonyl (C=O) groups excluding carboxylic acids is 1. The van der Waals surface area contributed by atoms with Crippen LogP contribution < -0.4 is 10.1 Å². The molecule has 0 aliphatic heterocycles. The molecule has 4 nitrogen and oxygen atoms in total. The number of methoxy groups -OCH3 is 1. The van der Waals surface area contributed by atoms with Crippen molar-refractivity contribution in [1.82, 2.24) is 10.2 Å². The molecule has 0 aliphatic rings. The summed E-state index contributed by atoms with van der Waals surface area (Å²) in [5, 5.41) is 3.12. The van der Waals surface area contributed by atoms with E-state index in [0.29, 0.717) is 13.1 Å². The second-order valence-electron chi connectivity index (χ2n) is 3.86. The fourth-order valence-corrected chi connectivity index (χ4v) is 1.41. The van der Waals surface area contributed by atoms with Crippen molar-refractivity contribution in [2.24, 2.45) is 0 Å². The van der Waals surface area contributed by atoms with Crippen LogP contribution in [0.4, 0.5) is 0 Å². The second kappa shape index (κ2) is 6.91. The van der Waals surface area contributed by atoms with E-state index in [1.807, 2.05) is 31.2 Å². The van der Waals surface area contributed by atoms with Crippen LogP contribution in [-0.2, 0) is 11.3 Å². The third-order valence-electron chi connectivity index (χ3n) is 2.64. The first-order valence-electron chi connectivity index (χ1n) is 5.75. The van der Waals surface area contributed by atoms with Crippen LogP contribution in [0.15, 0.2) is 24.3 Å². The maximum Gasteiger partial charge on any atom is 0.236 e. The zero-order valence-corrected chi connectivity index (χ0v) is 10.7. The molecule has 94 valence electrons. The number of hydrogen-bond donors (Lipinski definition) is 1. The van der Waals surface area contributed by atoms with Gasteiger partial charge in [0.25, 0.3) is 0 Å². The predicted molar refractivity (Wildman–Crippen MR) is 68.0 cm³/mol. The molecule has 1 N–H and O–H groups in total. The molecule has 0 heterocycles. The van der Waals surface area contributed by atoms with Crippen LogP contribution in [0.2, 0.25) is 0 Å². The molecule has 0 atom stereocenters. The quantitative estimate of drug-likeness (QED) is 0.808. The van der Waals surface area contributed by atoms with E-state index < -0.39 is 0 Å². The molecule has 0 aromatic heterocycles. The Kier molecular flexibility index (Phi) is 5.49. The highest BCUT2D eigenvalue weighted by atomic mass is 16.5. The molecular weight excluding hydrogens is 216 g/mol. The van der Waals surface area contributed by atoms with E-state index >= 15 is 0 Å². The standard InChI is InChI=1S/C13H20N2O2/c1-4-15(2)13(16)10-14-9-11-6-5-7-12(8-11)17-3/h5-8,14H,4,9-10H2,1-3H3. The van der Waals surface area contributed by atoms with Crippen LogP contribution in [0.5, 0.6) is 5.75 Å². The lowest BCUT2D eigenvalue weighted by Crippen LogP contribution is -2.35. The molecule has 0 saturated carbocycles. The minimum atomic E-state index is 0.107. The number of ether oxygens (including phenoxy) is 1. The summed E-state index contributed by atoms with van der Waals surface area (Å²) in [7, 11) is 3.45. The summed E-state index contributed by atoms with van der Waals surface area (Å²) in [4.78, 5) is 13.2. The van der Waals surface area contributed by atoms with Crippen molar-refractivity contribution in [3.05, 3.63) is 29.8 Å². The van der Waals surface area contributed by atoms with Crippen LogP contribution in [0.1, 0.15) is 12.5 Å². The van der Waals surface area contributed by atoms with Crippen molar-refractivity contribution in [3.8, 4) is 5.75 Å². The summed E-state index contributed by atoms with van der Waals surface area (Å²) >= 11 is 0. The largest absolute Gasteiger partial charge is 0.497 e. The molecule has 1 rings (SSSR count). The van der Waals surface area contributed by atoms with Gasteiger partial charge in [-0.25, -0.2) is 0 Å². The van der Waals surface area contributed by atoms with Crippen molar-refractivity contribution in [1.29, 1.82) is 0 Å². The van der Waals surface area contributed by atoms with Crippen LogP contribution >= 0.6 is 0 Å². The Hall–Kier alpha value is -1.55.